The van der Waals surface area contributed by atoms with Gasteiger partial charge in [-0.15, -0.1) is 0 Å². The first-order valence-corrected chi connectivity index (χ1v) is 7.52. The number of hydrogen-bond acceptors (Lipinski definition) is 4. The van der Waals surface area contributed by atoms with Crippen LogP contribution in [0.5, 0.6) is 0 Å². The number of nitrogen functional groups attached to an aromatic ring is 1. The van der Waals surface area contributed by atoms with Crippen LogP contribution in [-0.4, -0.2) is 14.8 Å². The number of nitrogens with two attached hydrogens (primary N) is 1. The van der Waals surface area contributed by atoms with Crippen LogP contribution in [0.3, 0.4) is 0 Å². The molecule has 0 aliphatic carbocycles. The third kappa shape index (κ3) is 1.50. The monoisotopic (exact) mass is 282 g/mol. The van der Waals surface area contributed by atoms with Crippen molar-refractivity contribution in [2.45, 2.75) is 29.7 Å². The number of aryl methyl sites for hydroxylation is 1. The van der Waals surface area contributed by atoms with E-state index in [1.54, 1.807) is 11.8 Å². The van der Waals surface area contributed by atoms with Crippen molar-refractivity contribution in [1.82, 2.24) is 14.8 Å². The van der Waals surface area contributed by atoms with Crippen LogP contribution < -0.4 is 5.73 Å². The Bertz CT molecular complexity index is 822. The molecule has 4 rings (SSSR count). The normalized spacial score (nSPS) is 12.7. The predicted molar refractivity (Wildman–Crippen MR) is 81.8 cm³/mol. The second-order valence-electron chi connectivity index (χ2n) is 4.92. The summed E-state index contributed by atoms with van der Waals surface area (Å²) in [5.41, 5.74) is 10.3. The molecule has 0 saturated heterocycles. The van der Waals surface area contributed by atoms with Crippen molar-refractivity contribution in [1.29, 1.82) is 0 Å². The van der Waals surface area contributed by atoms with Crippen molar-refractivity contribution >= 4 is 28.4 Å². The predicted octanol–water partition coefficient (Wildman–Crippen LogP) is 3.56. The topological polar surface area (TPSA) is 56.7 Å². The lowest BCUT2D eigenvalue weighted by Gasteiger charge is -2.15. The van der Waals surface area contributed by atoms with Gasteiger partial charge in [-0.25, -0.2) is 0 Å². The number of fused-ring (bicyclic) bond motifs is 2. The number of hydrogen-bond donors (Lipinski definition) is 1. The molecule has 0 unspecified atom stereocenters. The van der Waals surface area contributed by atoms with E-state index in [4.69, 9.17) is 10.8 Å². The van der Waals surface area contributed by atoms with Crippen molar-refractivity contribution in [3.05, 3.63) is 30.6 Å². The molecule has 1 aliphatic heterocycles. The second-order valence-corrected chi connectivity index (χ2v) is 5.98. The van der Waals surface area contributed by atoms with Gasteiger partial charge in [-0.05, 0) is 24.6 Å². The van der Waals surface area contributed by atoms with Crippen molar-refractivity contribution < 1.29 is 0 Å². The maximum Gasteiger partial charge on any atom is 0.104 e. The second kappa shape index (κ2) is 4.24. The molecule has 2 aromatic heterocycles. The highest BCUT2D eigenvalue weighted by Gasteiger charge is 2.25. The molecule has 0 spiro atoms. The van der Waals surface area contributed by atoms with Gasteiger partial charge in [-0.2, -0.15) is 5.10 Å². The molecule has 3 heterocycles. The van der Waals surface area contributed by atoms with E-state index >= 15 is 0 Å². The molecule has 100 valence electrons. The number of aromatic nitrogens is 3. The Balaban J connectivity index is 2.12. The highest BCUT2D eigenvalue weighted by molar-refractivity contribution is 8.00. The zero-order chi connectivity index (χ0) is 13.7. The van der Waals surface area contributed by atoms with Crippen LogP contribution in [0.1, 0.15) is 13.3 Å². The lowest BCUT2D eigenvalue weighted by atomic mass is 10.1. The van der Waals surface area contributed by atoms with Gasteiger partial charge in [0.1, 0.15) is 5.69 Å². The summed E-state index contributed by atoms with van der Waals surface area (Å²) in [7, 11) is 0. The largest absolute Gasteiger partial charge is 0.398 e. The molecular weight excluding hydrogens is 268 g/mol. The summed E-state index contributed by atoms with van der Waals surface area (Å²) in [6.07, 6.45) is 4.77. The van der Waals surface area contributed by atoms with Gasteiger partial charge in [0.25, 0.3) is 0 Å². The summed E-state index contributed by atoms with van der Waals surface area (Å²) in [6.45, 7) is 3.08. The summed E-state index contributed by atoms with van der Waals surface area (Å²) in [4.78, 5) is 6.54. The smallest absolute Gasteiger partial charge is 0.104 e. The molecule has 3 aromatic rings. The Morgan fingerprint density at radius 2 is 2.20 bits per heavy atom. The number of pyridine rings is 1. The van der Waals surface area contributed by atoms with Gasteiger partial charge in [0, 0.05) is 45.4 Å². The fourth-order valence-corrected chi connectivity index (χ4v) is 3.79. The SMILES string of the molecule is CCCn1nc2c3c(c(N)ccc31)Sc1ccncc1-2. The molecule has 0 bridgehead atoms. The van der Waals surface area contributed by atoms with E-state index in [1.165, 1.54) is 10.3 Å². The molecule has 20 heavy (non-hydrogen) atoms. The van der Waals surface area contributed by atoms with Crippen LogP contribution in [0, 0.1) is 0 Å². The van der Waals surface area contributed by atoms with Crippen LogP contribution in [0.15, 0.2) is 40.4 Å². The molecule has 2 N–H and O–H groups in total. The molecule has 0 atom stereocenters. The minimum atomic E-state index is 0.822. The highest BCUT2D eigenvalue weighted by Crippen LogP contribution is 2.49. The van der Waals surface area contributed by atoms with Crippen LogP contribution >= 0.6 is 11.8 Å². The molecule has 1 aliphatic rings. The average Bonchev–Trinajstić information content (AvgIpc) is 2.83. The number of rotatable bonds is 2. The first-order chi connectivity index (χ1) is 9.79. The Labute approximate surface area is 121 Å². The summed E-state index contributed by atoms with van der Waals surface area (Å²) in [5, 5.41) is 5.97. The summed E-state index contributed by atoms with van der Waals surface area (Å²) in [5.74, 6) is 0. The molecular formula is C15H14N4S. The van der Waals surface area contributed by atoms with E-state index in [9.17, 15) is 0 Å². The first-order valence-electron chi connectivity index (χ1n) is 6.71. The Morgan fingerprint density at radius 3 is 3.05 bits per heavy atom. The van der Waals surface area contributed by atoms with Gasteiger partial charge in [0.15, 0.2) is 0 Å². The molecule has 0 fully saturated rings. The number of anilines is 1. The van der Waals surface area contributed by atoms with E-state index < -0.39 is 0 Å². The van der Waals surface area contributed by atoms with Gasteiger partial charge in [-0.1, -0.05) is 18.7 Å². The summed E-state index contributed by atoms with van der Waals surface area (Å²) in [6, 6.07) is 6.08. The summed E-state index contributed by atoms with van der Waals surface area (Å²) >= 11 is 1.71. The van der Waals surface area contributed by atoms with Gasteiger partial charge < -0.3 is 5.73 Å². The molecule has 0 saturated carbocycles. The Hall–Kier alpha value is -2.01. The molecule has 5 heteroatoms. The summed E-state index contributed by atoms with van der Waals surface area (Å²) < 4.78 is 2.08. The minimum Gasteiger partial charge on any atom is -0.398 e. The average molecular weight is 282 g/mol. The lowest BCUT2D eigenvalue weighted by Crippen LogP contribution is -1.98. The van der Waals surface area contributed by atoms with Gasteiger partial charge in [-0.3, -0.25) is 9.67 Å². The Kier molecular flexibility index (Phi) is 2.50. The maximum absolute atomic E-state index is 6.17. The maximum atomic E-state index is 6.17. The van der Waals surface area contributed by atoms with E-state index in [0.29, 0.717) is 0 Å². The molecule has 0 amide bonds. The van der Waals surface area contributed by atoms with E-state index in [0.717, 1.165) is 40.3 Å². The quantitative estimate of drug-likeness (QED) is 0.571. The van der Waals surface area contributed by atoms with Crippen molar-refractivity contribution in [2.75, 3.05) is 5.73 Å². The van der Waals surface area contributed by atoms with Crippen LogP contribution in [0.25, 0.3) is 22.2 Å². The molecule has 4 nitrogen and oxygen atoms in total. The number of benzene rings is 1. The highest BCUT2D eigenvalue weighted by atomic mass is 32.2. The van der Waals surface area contributed by atoms with Crippen molar-refractivity contribution in [3.8, 4) is 11.3 Å². The van der Waals surface area contributed by atoms with Gasteiger partial charge in [0.2, 0.25) is 0 Å². The molecule has 1 aromatic carbocycles. The third-order valence-electron chi connectivity index (χ3n) is 3.59. The van der Waals surface area contributed by atoms with Crippen LogP contribution in [0.2, 0.25) is 0 Å². The van der Waals surface area contributed by atoms with Gasteiger partial charge in [0.05, 0.1) is 5.52 Å². The van der Waals surface area contributed by atoms with Gasteiger partial charge >= 0.3 is 0 Å². The van der Waals surface area contributed by atoms with E-state index in [1.807, 2.05) is 24.5 Å². The van der Waals surface area contributed by atoms with Crippen molar-refractivity contribution in [3.63, 3.8) is 0 Å². The Morgan fingerprint density at radius 1 is 1.30 bits per heavy atom. The lowest BCUT2D eigenvalue weighted by molar-refractivity contribution is 0.624. The third-order valence-corrected chi connectivity index (χ3v) is 4.81. The van der Waals surface area contributed by atoms with Crippen molar-refractivity contribution in [2.24, 2.45) is 0 Å². The van der Waals surface area contributed by atoms with Crippen LogP contribution in [0.4, 0.5) is 5.69 Å². The zero-order valence-corrected chi connectivity index (χ0v) is 11.9. The van der Waals surface area contributed by atoms with E-state index in [-0.39, 0.29) is 0 Å². The fourth-order valence-electron chi connectivity index (χ4n) is 2.70. The first kappa shape index (κ1) is 11.8. The van der Waals surface area contributed by atoms with Crippen LogP contribution in [-0.2, 0) is 6.54 Å². The fraction of sp³-hybridized carbons (Fsp3) is 0.200. The zero-order valence-electron chi connectivity index (χ0n) is 11.1. The minimum absolute atomic E-state index is 0.822. The standard InChI is InChI=1S/C15H14N4S/c1-2-7-19-11-4-3-10(16)15-13(11)14(18-19)9-8-17-6-5-12(9)20-15/h3-6,8H,2,7,16H2,1H3. The molecule has 0 radical (unpaired) electrons. The van der Waals surface area contributed by atoms with E-state index in [2.05, 4.69) is 22.7 Å². The number of nitrogens with zero attached hydrogens (tertiary/aromatic N) is 3.